The molecule has 0 fully saturated rings. The van der Waals surface area contributed by atoms with Gasteiger partial charge in [-0.15, -0.1) is 0 Å². The van der Waals surface area contributed by atoms with Gasteiger partial charge in [0.1, 0.15) is 6.07 Å². The van der Waals surface area contributed by atoms with Crippen molar-refractivity contribution in [2.45, 2.75) is 0 Å². The molecule has 106 valence electrons. The van der Waals surface area contributed by atoms with E-state index in [4.69, 9.17) is 11.0 Å². The van der Waals surface area contributed by atoms with Gasteiger partial charge in [-0.1, -0.05) is 15.9 Å². The van der Waals surface area contributed by atoms with Crippen molar-refractivity contribution in [1.29, 1.82) is 5.26 Å². The number of hydrogen-bond donors (Lipinski definition) is 3. The van der Waals surface area contributed by atoms with Crippen LogP contribution in [-0.4, -0.2) is 13.0 Å². The van der Waals surface area contributed by atoms with Crippen LogP contribution in [0, 0.1) is 11.3 Å². The second-order valence-corrected chi connectivity index (χ2v) is 5.22. The SMILES string of the molecule is CNC(=O)c1ccc(Nc2ccc(Br)cc2C#N)c(N)c1. The van der Waals surface area contributed by atoms with Gasteiger partial charge in [-0.2, -0.15) is 5.26 Å². The summed E-state index contributed by atoms with van der Waals surface area (Å²) in [5, 5.41) is 14.8. The van der Waals surface area contributed by atoms with E-state index in [1.54, 1.807) is 37.4 Å². The smallest absolute Gasteiger partial charge is 0.251 e. The van der Waals surface area contributed by atoms with E-state index in [2.05, 4.69) is 32.6 Å². The first-order chi connectivity index (χ1) is 10.0. The maximum Gasteiger partial charge on any atom is 0.251 e. The van der Waals surface area contributed by atoms with Gasteiger partial charge in [0.15, 0.2) is 0 Å². The van der Waals surface area contributed by atoms with Gasteiger partial charge in [0.2, 0.25) is 0 Å². The number of rotatable bonds is 3. The van der Waals surface area contributed by atoms with Crippen molar-refractivity contribution < 1.29 is 4.79 Å². The molecule has 2 aromatic carbocycles. The molecule has 21 heavy (non-hydrogen) atoms. The number of nitrogens with one attached hydrogen (secondary N) is 2. The Kier molecular flexibility index (Phi) is 4.45. The first-order valence-corrected chi connectivity index (χ1v) is 6.92. The molecule has 6 heteroatoms. The van der Waals surface area contributed by atoms with Crippen molar-refractivity contribution in [2.75, 3.05) is 18.1 Å². The summed E-state index contributed by atoms with van der Waals surface area (Å²) in [6, 6.07) is 12.4. The van der Waals surface area contributed by atoms with Crippen molar-refractivity contribution >= 4 is 38.9 Å². The van der Waals surface area contributed by atoms with E-state index in [0.717, 1.165) is 4.47 Å². The van der Waals surface area contributed by atoms with Crippen LogP contribution in [0.25, 0.3) is 0 Å². The van der Waals surface area contributed by atoms with Gasteiger partial charge in [0, 0.05) is 17.1 Å². The van der Waals surface area contributed by atoms with Gasteiger partial charge in [-0.3, -0.25) is 4.79 Å². The number of anilines is 3. The topological polar surface area (TPSA) is 90.9 Å². The molecule has 0 aromatic heterocycles. The van der Waals surface area contributed by atoms with Gasteiger partial charge >= 0.3 is 0 Å². The largest absolute Gasteiger partial charge is 0.397 e. The summed E-state index contributed by atoms with van der Waals surface area (Å²) in [7, 11) is 1.56. The summed E-state index contributed by atoms with van der Waals surface area (Å²) in [4.78, 5) is 11.5. The molecule has 0 atom stereocenters. The van der Waals surface area contributed by atoms with Crippen LogP contribution in [0.4, 0.5) is 17.1 Å². The number of nitriles is 1. The molecule has 0 aliphatic carbocycles. The van der Waals surface area contributed by atoms with E-state index in [1.807, 2.05) is 6.07 Å². The molecule has 0 radical (unpaired) electrons. The third-order valence-electron chi connectivity index (χ3n) is 2.91. The predicted molar refractivity (Wildman–Crippen MR) is 86.4 cm³/mol. The molecule has 0 unspecified atom stereocenters. The third-order valence-corrected chi connectivity index (χ3v) is 3.41. The van der Waals surface area contributed by atoms with Crippen LogP contribution >= 0.6 is 15.9 Å². The Labute approximate surface area is 130 Å². The van der Waals surface area contributed by atoms with Crippen molar-refractivity contribution in [3.8, 4) is 6.07 Å². The molecule has 0 aliphatic heterocycles. The molecule has 0 saturated carbocycles. The Bertz CT molecular complexity index is 737. The Hall–Kier alpha value is -2.52. The maximum atomic E-state index is 11.5. The summed E-state index contributed by atoms with van der Waals surface area (Å²) in [6.07, 6.45) is 0. The Balaban J connectivity index is 2.33. The number of benzene rings is 2. The Morgan fingerprint density at radius 3 is 2.57 bits per heavy atom. The molecule has 0 heterocycles. The van der Waals surface area contributed by atoms with E-state index in [9.17, 15) is 4.79 Å². The minimum absolute atomic E-state index is 0.199. The molecule has 0 aliphatic rings. The van der Waals surface area contributed by atoms with Gasteiger partial charge in [-0.25, -0.2) is 0 Å². The van der Waals surface area contributed by atoms with Crippen molar-refractivity contribution in [2.24, 2.45) is 0 Å². The highest BCUT2D eigenvalue weighted by Crippen LogP contribution is 2.27. The fraction of sp³-hybridized carbons (Fsp3) is 0.0667. The standard InChI is InChI=1S/C15H13BrN4O/c1-19-15(21)9-2-4-14(12(18)7-9)20-13-5-3-11(16)6-10(13)8-17/h2-7,20H,18H2,1H3,(H,19,21). The number of nitrogens with two attached hydrogens (primary N) is 1. The zero-order chi connectivity index (χ0) is 15.4. The monoisotopic (exact) mass is 344 g/mol. The molecule has 5 nitrogen and oxygen atoms in total. The molecule has 2 aromatic rings. The number of halogens is 1. The van der Waals surface area contributed by atoms with Crippen molar-refractivity contribution in [3.63, 3.8) is 0 Å². The number of carbonyl (C=O) groups excluding carboxylic acids is 1. The lowest BCUT2D eigenvalue weighted by molar-refractivity contribution is 0.0963. The predicted octanol–water partition coefficient (Wildman–Crippen LogP) is 3.01. The van der Waals surface area contributed by atoms with Crippen molar-refractivity contribution in [3.05, 3.63) is 52.0 Å². The molecule has 2 rings (SSSR count). The average Bonchev–Trinajstić information content (AvgIpc) is 2.49. The first-order valence-electron chi connectivity index (χ1n) is 6.13. The summed E-state index contributed by atoms with van der Waals surface area (Å²) in [5.41, 5.74) is 8.66. The van der Waals surface area contributed by atoms with E-state index in [-0.39, 0.29) is 5.91 Å². The minimum Gasteiger partial charge on any atom is -0.397 e. The number of hydrogen-bond acceptors (Lipinski definition) is 4. The summed E-state index contributed by atoms with van der Waals surface area (Å²) in [5.74, 6) is -0.199. The lowest BCUT2D eigenvalue weighted by Crippen LogP contribution is -2.18. The van der Waals surface area contributed by atoms with Crippen LogP contribution in [0.15, 0.2) is 40.9 Å². The van der Waals surface area contributed by atoms with Crippen LogP contribution in [0.2, 0.25) is 0 Å². The van der Waals surface area contributed by atoms with Crippen LogP contribution in [-0.2, 0) is 0 Å². The molecular formula is C15H13BrN4O. The maximum absolute atomic E-state index is 11.5. The minimum atomic E-state index is -0.199. The van der Waals surface area contributed by atoms with E-state index < -0.39 is 0 Å². The highest BCUT2D eigenvalue weighted by Gasteiger charge is 2.08. The number of carbonyl (C=O) groups is 1. The summed E-state index contributed by atoms with van der Waals surface area (Å²) in [6.45, 7) is 0. The number of amides is 1. The zero-order valence-electron chi connectivity index (χ0n) is 11.3. The molecule has 0 spiro atoms. The highest BCUT2D eigenvalue weighted by atomic mass is 79.9. The number of nitrogen functional groups attached to an aromatic ring is 1. The second kappa shape index (κ2) is 6.29. The summed E-state index contributed by atoms with van der Waals surface area (Å²) >= 11 is 3.32. The van der Waals surface area contributed by atoms with Gasteiger partial charge < -0.3 is 16.4 Å². The quantitative estimate of drug-likeness (QED) is 0.746. The van der Waals surface area contributed by atoms with Crippen molar-refractivity contribution in [1.82, 2.24) is 5.32 Å². The van der Waals surface area contributed by atoms with Crippen LogP contribution in [0.3, 0.4) is 0 Å². The molecule has 1 amide bonds. The molecule has 0 bridgehead atoms. The zero-order valence-corrected chi connectivity index (χ0v) is 12.9. The van der Waals surface area contributed by atoms with Gasteiger partial charge in [-0.05, 0) is 36.4 Å². The van der Waals surface area contributed by atoms with Crippen LogP contribution in [0.1, 0.15) is 15.9 Å². The lowest BCUT2D eigenvalue weighted by Gasteiger charge is -2.12. The van der Waals surface area contributed by atoms with E-state index in [0.29, 0.717) is 28.2 Å². The summed E-state index contributed by atoms with van der Waals surface area (Å²) < 4.78 is 0.826. The average molecular weight is 345 g/mol. The lowest BCUT2D eigenvalue weighted by atomic mass is 10.1. The van der Waals surface area contributed by atoms with Crippen LogP contribution in [0.5, 0.6) is 0 Å². The normalized spacial score (nSPS) is 9.76. The van der Waals surface area contributed by atoms with Gasteiger partial charge in [0.25, 0.3) is 5.91 Å². The Morgan fingerprint density at radius 2 is 1.95 bits per heavy atom. The Morgan fingerprint density at radius 1 is 1.24 bits per heavy atom. The fourth-order valence-electron chi connectivity index (χ4n) is 1.83. The molecule has 4 N–H and O–H groups in total. The highest BCUT2D eigenvalue weighted by molar-refractivity contribution is 9.10. The fourth-order valence-corrected chi connectivity index (χ4v) is 2.19. The second-order valence-electron chi connectivity index (χ2n) is 4.31. The van der Waals surface area contributed by atoms with Crippen LogP contribution < -0.4 is 16.4 Å². The molecule has 0 saturated heterocycles. The number of nitrogens with zero attached hydrogens (tertiary/aromatic N) is 1. The molecular weight excluding hydrogens is 332 g/mol. The van der Waals surface area contributed by atoms with Gasteiger partial charge in [0.05, 0.1) is 22.6 Å². The van der Waals surface area contributed by atoms with E-state index in [1.165, 1.54) is 0 Å². The third kappa shape index (κ3) is 3.33. The van der Waals surface area contributed by atoms with E-state index >= 15 is 0 Å². The first kappa shape index (κ1) is 14.9.